The van der Waals surface area contributed by atoms with Crippen LogP contribution in [0.5, 0.6) is 0 Å². The molecule has 2 saturated heterocycles. The predicted molar refractivity (Wildman–Crippen MR) is 90.3 cm³/mol. The van der Waals surface area contributed by atoms with Crippen molar-refractivity contribution in [1.82, 2.24) is 5.32 Å². The Morgan fingerprint density at radius 2 is 2.16 bits per heavy atom. The van der Waals surface area contributed by atoms with Gasteiger partial charge in [0, 0.05) is 24.7 Å². The van der Waals surface area contributed by atoms with Crippen molar-refractivity contribution in [2.45, 2.75) is 18.9 Å². The van der Waals surface area contributed by atoms with E-state index in [1.807, 2.05) is 0 Å². The number of halogens is 1. The van der Waals surface area contributed by atoms with Crippen LogP contribution in [0.1, 0.15) is 18.4 Å². The predicted octanol–water partition coefficient (Wildman–Crippen LogP) is 1.38. The van der Waals surface area contributed by atoms with Gasteiger partial charge in [0.05, 0.1) is 18.8 Å². The number of rotatable bonds is 4. The molecule has 25 heavy (non-hydrogen) atoms. The summed E-state index contributed by atoms with van der Waals surface area (Å²) in [6, 6.07) is 4.82. The monoisotopic (exact) mass is 366 g/mol. The summed E-state index contributed by atoms with van der Waals surface area (Å²) in [6.45, 7) is 1.90. The van der Waals surface area contributed by atoms with Gasteiger partial charge in [-0.25, -0.2) is 9.18 Å². The van der Waals surface area contributed by atoms with Crippen LogP contribution < -0.4 is 10.2 Å². The molecule has 0 bridgehead atoms. The van der Waals surface area contributed by atoms with Crippen LogP contribution in [-0.4, -0.2) is 47.3 Å². The second-order valence-corrected chi connectivity index (χ2v) is 8.43. The van der Waals surface area contributed by atoms with Crippen LogP contribution in [0.2, 0.25) is 0 Å². The van der Waals surface area contributed by atoms with Crippen molar-refractivity contribution in [2.24, 2.45) is 11.8 Å². The van der Waals surface area contributed by atoms with Gasteiger partial charge in [-0.1, -0.05) is 17.2 Å². The zero-order valence-electron chi connectivity index (χ0n) is 13.7. The fourth-order valence-corrected chi connectivity index (χ4v) is 5.81. The first-order valence-corrected chi connectivity index (χ1v) is 9.80. The van der Waals surface area contributed by atoms with Crippen LogP contribution in [0.3, 0.4) is 0 Å². The van der Waals surface area contributed by atoms with Crippen LogP contribution in [0.4, 0.5) is 14.9 Å². The highest BCUT2D eigenvalue weighted by molar-refractivity contribution is 7.91. The Bertz CT molecular complexity index is 719. The number of ether oxygens (including phenoxy) is 1. The van der Waals surface area contributed by atoms with Gasteiger partial charge in [-0.2, -0.15) is 0 Å². The summed E-state index contributed by atoms with van der Waals surface area (Å²) >= 11 is -0.747. The molecule has 1 saturated carbocycles. The Morgan fingerprint density at radius 1 is 1.44 bits per heavy atom. The normalized spacial score (nSPS) is 33.2. The average molecular weight is 366 g/mol. The molecule has 3 aliphatic rings. The van der Waals surface area contributed by atoms with Gasteiger partial charge < -0.3 is 14.6 Å². The van der Waals surface area contributed by atoms with Crippen LogP contribution in [0, 0.1) is 17.7 Å². The largest absolute Gasteiger partial charge is 0.616 e. The van der Waals surface area contributed by atoms with Gasteiger partial charge in [-0.3, -0.25) is 9.69 Å². The van der Waals surface area contributed by atoms with E-state index in [-0.39, 0.29) is 30.7 Å². The second-order valence-electron chi connectivity index (χ2n) is 6.89. The molecule has 3 fully saturated rings. The number of benzene rings is 1. The molecule has 5 atom stereocenters. The molecule has 6 nitrogen and oxygen atoms in total. The van der Waals surface area contributed by atoms with E-state index in [2.05, 4.69) is 5.32 Å². The standard InChI is InChI=1S/C17H19FN2O4S/c1-9(21)19-5-11-6-20(17(22)24-11)10-2-3-12(15(18)4-10)16-13-7-25(23)8-14(13)16/h2-4,11,13-14,16H,5-8H2,1H3,(H,19,21)/t11-,13-,14+,16+,25?/m0/s1. The zero-order valence-corrected chi connectivity index (χ0v) is 14.6. The number of fused-ring (bicyclic) bond motifs is 1. The molecule has 4 rings (SSSR count). The topological polar surface area (TPSA) is 81.7 Å². The van der Waals surface area contributed by atoms with Crippen molar-refractivity contribution < 1.29 is 23.3 Å². The van der Waals surface area contributed by atoms with E-state index in [1.165, 1.54) is 17.9 Å². The summed E-state index contributed by atoms with van der Waals surface area (Å²) < 4.78 is 31.2. The molecule has 2 aliphatic heterocycles. The molecule has 1 N–H and O–H groups in total. The van der Waals surface area contributed by atoms with E-state index in [1.54, 1.807) is 12.1 Å². The van der Waals surface area contributed by atoms with Gasteiger partial charge in [-0.15, -0.1) is 0 Å². The van der Waals surface area contributed by atoms with E-state index in [0.717, 1.165) is 0 Å². The Morgan fingerprint density at radius 3 is 2.80 bits per heavy atom. The first-order valence-electron chi connectivity index (χ1n) is 8.31. The van der Waals surface area contributed by atoms with Gasteiger partial charge >= 0.3 is 6.09 Å². The summed E-state index contributed by atoms with van der Waals surface area (Å²) in [5, 5.41) is 2.61. The Kier molecular flexibility index (Phi) is 4.11. The third kappa shape index (κ3) is 3.08. The van der Waals surface area contributed by atoms with E-state index >= 15 is 0 Å². The molecular formula is C17H19FN2O4S. The molecule has 0 radical (unpaired) electrons. The van der Waals surface area contributed by atoms with Gasteiger partial charge in [0.15, 0.2) is 0 Å². The Labute approximate surface area is 147 Å². The molecule has 0 spiro atoms. The minimum atomic E-state index is -0.747. The number of hydrogen-bond donors (Lipinski definition) is 1. The molecule has 134 valence electrons. The quantitative estimate of drug-likeness (QED) is 0.817. The fourth-order valence-electron chi connectivity index (χ4n) is 3.91. The number of carbonyl (C=O) groups is 2. The first kappa shape index (κ1) is 16.7. The number of carbonyl (C=O) groups excluding carboxylic acids is 2. The number of hydrogen-bond acceptors (Lipinski definition) is 4. The van der Waals surface area contributed by atoms with Crippen molar-refractivity contribution in [3.63, 3.8) is 0 Å². The zero-order chi connectivity index (χ0) is 17.7. The highest BCUT2D eigenvalue weighted by Crippen LogP contribution is 2.59. The van der Waals surface area contributed by atoms with Crippen molar-refractivity contribution in [2.75, 3.05) is 29.5 Å². The van der Waals surface area contributed by atoms with Gasteiger partial charge in [0.2, 0.25) is 5.91 Å². The van der Waals surface area contributed by atoms with Crippen molar-refractivity contribution in [1.29, 1.82) is 0 Å². The number of anilines is 1. The maximum atomic E-state index is 14.6. The minimum absolute atomic E-state index is 0.157. The first-order chi connectivity index (χ1) is 11.9. The average Bonchev–Trinajstić information content (AvgIpc) is 2.90. The Hall–Kier alpha value is -1.80. The molecule has 8 heteroatoms. The van der Waals surface area contributed by atoms with Crippen LogP contribution in [0.25, 0.3) is 0 Å². The fraction of sp³-hybridized carbons (Fsp3) is 0.529. The number of cyclic esters (lactones) is 1. The van der Waals surface area contributed by atoms with Gasteiger partial charge in [-0.05, 0) is 17.7 Å². The lowest BCUT2D eigenvalue weighted by atomic mass is 10.1. The lowest BCUT2D eigenvalue weighted by Gasteiger charge is -2.15. The maximum Gasteiger partial charge on any atom is 0.414 e. The van der Waals surface area contributed by atoms with Crippen LogP contribution >= 0.6 is 0 Å². The second kappa shape index (κ2) is 6.17. The summed E-state index contributed by atoms with van der Waals surface area (Å²) in [6.07, 6.45) is -0.988. The molecule has 1 aromatic carbocycles. The van der Waals surface area contributed by atoms with E-state index in [9.17, 15) is 18.5 Å². The number of nitrogens with zero attached hydrogens (tertiary/aromatic N) is 1. The van der Waals surface area contributed by atoms with Crippen molar-refractivity contribution in [3.8, 4) is 0 Å². The highest BCUT2D eigenvalue weighted by atomic mass is 32.2. The summed E-state index contributed by atoms with van der Waals surface area (Å²) in [5.41, 5.74) is 1.10. The lowest BCUT2D eigenvalue weighted by molar-refractivity contribution is -0.119. The van der Waals surface area contributed by atoms with Gasteiger partial charge in [0.25, 0.3) is 0 Å². The summed E-state index contributed by atoms with van der Waals surface area (Å²) in [5.74, 6) is 1.63. The maximum absolute atomic E-state index is 14.6. The van der Waals surface area contributed by atoms with E-state index < -0.39 is 23.4 Å². The van der Waals surface area contributed by atoms with Crippen molar-refractivity contribution in [3.05, 3.63) is 29.6 Å². The molecule has 2 heterocycles. The molecular weight excluding hydrogens is 347 g/mol. The van der Waals surface area contributed by atoms with Crippen LogP contribution in [0.15, 0.2) is 18.2 Å². The van der Waals surface area contributed by atoms with E-state index in [4.69, 9.17) is 4.74 Å². The summed E-state index contributed by atoms with van der Waals surface area (Å²) in [4.78, 5) is 24.3. The molecule has 1 unspecified atom stereocenters. The van der Waals surface area contributed by atoms with E-state index in [0.29, 0.717) is 34.6 Å². The van der Waals surface area contributed by atoms with Crippen molar-refractivity contribution >= 4 is 28.9 Å². The third-order valence-electron chi connectivity index (χ3n) is 5.20. The SMILES string of the molecule is CC(=O)NC[C@H]1CN(c2ccc([C@H]3[C@@H]4C[S+]([O-])C[C@@H]43)c(F)c2)C(=O)O1. The third-order valence-corrected chi connectivity index (χ3v) is 6.71. The number of amides is 2. The number of nitrogens with one attached hydrogen (secondary N) is 1. The molecule has 2 amide bonds. The summed E-state index contributed by atoms with van der Waals surface area (Å²) in [7, 11) is 0. The molecule has 1 aromatic rings. The Balaban J connectivity index is 1.44. The molecule has 0 aromatic heterocycles. The smallest absolute Gasteiger partial charge is 0.414 e. The lowest BCUT2D eigenvalue weighted by Crippen LogP contribution is -2.33. The highest BCUT2D eigenvalue weighted by Gasteiger charge is 2.60. The molecule has 1 aliphatic carbocycles. The van der Waals surface area contributed by atoms with Gasteiger partial charge in [0.1, 0.15) is 23.4 Å². The minimum Gasteiger partial charge on any atom is -0.616 e. The van der Waals surface area contributed by atoms with Crippen LogP contribution in [-0.2, 0) is 20.7 Å².